The second kappa shape index (κ2) is 5.68. The van der Waals surface area contributed by atoms with Crippen molar-refractivity contribution in [3.05, 3.63) is 23.2 Å². The van der Waals surface area contributed by atoms with Gasteiger partial charge in [0.25, 0.3) is 0 Å². The minimum absolute atomic E-state index is 0.0118. The number of anilines is 1. The zero-order valence-electron chi connectivity index (χ0n) is 9.68. The molecule has 0 aromatic heterocycles. The number of hydrogen-bond acceptors (Lipinski definition) is 4. The Labute approximate surface area is 106 Å². The van der Waals surface area contributed by atoms with Crippen LogP contribution in [0.1, 0.15) is 0 Å². The molecule has 17 heavy (non-hydrogen) atoms. The first-order valence-corrected chi connectivity index (χ1v) is 6.71. The van der Waals surface area contributed by atoms with E-state index in [9.17, 15) is 8.42 Å². The zero-order valence-corrected chi connectivity index (χ0v) is 11.3. The number of nitrogens with two attached hydrogens (primary N) is 1. The normalized spacial score (nSPS) is 12.0. The van der Waals surface area contributed by atoms with Gasteiger partial charge in [-0.25, -0.2) is 8.42 Å². The molecule has 1 rings (SSSR count). The first kappa shape index (κ1) is 14.2. The van der Waals surface area contributed by atoms with Gasteiger partial charge in [-0.15, -0.1) is 0 Å². The van der Waals surface area contributed by atoms with Gasteiger partial charge in [0.2, 0.25) is 10.0 Å². The third-order valence-electron chi connectivity index (χ3n) is 2.25. The minimum atomic E-state index is -3.62. The number of nitrogen functional groups attached to an aromatic ring is 1. The average molecular weight is 279 g/mol. The van der Waals surface area contributed by atoms with Crippen molar-refractivity contribution < 1.29 is 13.2 Å². The number of methoxy groups -OCH3 is 1. The Balaban J connectivity index is 3.08. The molecule has 0 atom stereocenters. The maximum atomic E-state index is 12.1. The molecule has 5 nitrogen and oxygen atoms in total. The van der Waals surface area contributed by atoms with Gasteiger partial charge in [0, 0.05) is 26.4 Å². The first-order chi connectivity index (χ1) is 7.89. The Hall–Kier alpha value is -0.820. The van der Waals surface area contributed by atoms with Gasteiger partial charge >= 0.3 is 0 Å². The maximum absolute atomic E-state index is 12.1. The molecule has 0 aliphatic heterocycles. The van der Waals surface area contributed by atoms with E-state index >= 15 is 0 Å². The Bertz CT molecular complexity index is 490. The highest BCUT2D eigenvalue weighted by molar-refractivity contribution is 7.89. The lowest BCUT2D eigenvalue weighted by atomic mass is 10.3. The highest BCUT2D eigenvalue weighted by atomic mass is 35.5. The van der Waals surface area contributed by atoms with Crippen molar-refractivity contribution in [3.8, 4) is 0 Å². The summed E-state index contributed by atoms with van der Waals surface area (Å²) in [5, 5.41) is 0.156. The Morgan fingerprint density at radius 3 is 2.71 bits per heavy atom. The summed E-state index contributed by atoms with van der Waals surface area (Å²) in [6.45, 7) is 0.569. The summed E-state index contributed by atoms with van der Waals surface area (Å²) in [5.74, 6) is 0. The standard InChI is InChI=1S/C10H15ClN2O3S/c1-13(5-6-16-2)17(14,15)10-7-8(12)3-4-9(10)11/h3-4,7H,5-6,12H2,1-2H3. The van der Waals surface area contributed by atoms with Crippen molar-refractivity contribution in [2.45, 2.75) is 4.90 Å². The summed E-state index contributed by atoms with van der Waals surface area (Å²) in [6, 6.07) is 4.37. The number of sulfonamides is 1. The van der Waals surface area contributed by atoms with Crippen LogP contribution in [0.25, 0.3) is 0 Å². The third kappa shape index (κ3) is 3.32. The molecule has 0 heterocycles. The SMILES string of the molecule is COCCN(C)S(=O)(=O)c1cc(N)ccc1Cl. The second-order valence-corrected chi connectivity index (χ2v) is 5.93. The molecule has 2 N–H and O–H groups in total. The smallest absolute Gasteiger partial charge is 0.244 e. The Morgan fingerprint density at radius 1 is 1.47 bits per heavy atom. The molecule has 0 unspecified atom stereocenters. The van der Waals surface area contributed by atoms with Crippen LogP contribution in [-0.2, 0) is 14.8 Å². The maximum Gasteiger partial charge on any atom is 0.244 e. The summed E-state index contributed by atoms with van der Waals surface area (Å²) >= 11 is 5.87. The number of ether oxygens (including phenoxy) is 1. The van der Waals surface area contributed by atoms with Crippen molar-refractivity contribution in [2.24, 2.45) is 0 Å². The third-order valence-corrected chi connectivity index (χ3v) is 4.59. The first-order valence-electron chi connectivity index (χ1n) is 4.90. The predicted octanol–water partition coefficient (Wildman–Crippen LogP) is 1.19. The molecule has 0 bridgehead atoms. The molecule has 7 heteroatoms. The molecule has 0 aliphatic rings. The fraction of sp³-hybridized carbons (Fsp3) is 0.400. The summed E-state index contributed by atoms with van der Waals surface area (Å²) in [7, 11) is -0.649. The second-order valence-electron chi connectivity index (χ2n) is 3.51. The van der Waals surface area contributed by atoms with Gasteiger partial charge in [-0.3, -0.25) is 0 Å². The quantitative estimate of drug-likeness (QED) is 0.821. The van der Waals surface area contributed by atoms with E-state index in [-0.39, 0.29) is 16.5 Å². The molecule has 0 amide bonds. The summed E-state index contributed by atoms with van der Waals surface area (Å²) in [6.07, 6.45) is 0. The van der Waals surface area contributed by atoms with Crippen LogP contribution in [0.3, 0.4) is 0 Å². The van der Waals surface area contributed by atoms with Crippen molar-refractivity contribution >= 4 is 27.3 Å². The Morgan fingerprint density at radius 2 is 2.12 bits per heavy atom. The van der Waals surface area contributed by atoms with Crippen LogP contribution in [0.15, 0.2) is 23.1 Å². The number of halogens is 1. The van der Waals surface area contributed by atoms with Gasteiger partial charge in [0.05, 0.1) is 11.6 Å². The number of rotatable bonds is 5. The van der Waals surface area contributed by atoms with Gasteiger partial charge in [-0.05, 0) is 18.2 Å². The largest absolute Gasteiger partial charge is 0.399 e. The van der Waals surface area contributed by atoms with Crippen LogP contribution < -0.4 is 5.73 Å². The van der Waals surface area contributed by atoms with E-state index < -0.39 is 10.0 Å². The average Bonchev–Trinajstić information content (AvgIpc) is 2.28. The van der Waals surface area contributed by atoms with Crippen LogP contribution in [0.5, 0.6) is 0 Å². The monoisotopic (exact) mass is 278 g/mol. The van der Waals surface area contributed by atoms with Gasteiger partial charge in [0.15, 0.2) is 0 Å². The van der Waals surface area contributed by atoms with Gasteiger partial charge in [-0.2, -0.15) is 4.31 Å². The molecular weight excluding hydrogens is 264 g/mol. The number of hydrogen-bond donors (Lipinski definition) is 1. The van der Waals surface area contributed by atoms with E-state index in [1.807, 2.05) is 0 Å². The molecule has 1 aromatic rings. The topological polar surface area (TPSA) is 72.6 Å². The molecule has 0 aliphatic carbocycles. The van der Waals surface area contributed by atoms with Crippen LogP contribution in [0.2, 0.25) is 5.02 Å². The number of benzene rings is 1. The number of likely N-dealkylation sites (N-methyl/N-ethyl adjacent to an activating group) is 1. The zero-order chi connectivity index (χ0) is 13.1. The lowest BCUT2D eigenvalue weighted by Gasteiger charge is -2.17. The van der Waals surface area contributed by atoms with E-state index in [0.29, 0.717) is 12.3 Å². The lowest BCUT2D eigenvalue weighted by molar-refractivity contribution is 0.185. The van der Waals surface area contributed by atoms with E-state index in [2.05, 4.69) is 0 Å². The van der Waals surface area contributed by atoms with E-state index in [0.717, 1.165) is 0 Å². The molecular formula is C10H15ClN2O3S. The highest BCUT2D eigenvalue weighted by Crippen LogP contribution is 2.25. The van der Waals surface area contributed by atoms with E-state index in [1.54, 1.807) is 6.07 Å². The van der Waals surface area contributed by atoms with Crippen molar-refractivity contribution in [3.63, 3.8) is 0 Å². The number of nitrogens with zero attached hydrogens (tertiary/aromatic N) is 1. The molecule has 0 saturated heterocycles. The molecule has 0 saturated carbocycles. The lowest BCUT2D eigenvalue weighted by Crippen LogP contribution is -2.30. The van der Waals surface area contributed by atoms with Crippen LogP contribution in [-0.4, -0.2) is 40.0 Å². The van der Waals surface area contributed by atoms with Crippen LogP contribution >= 0.6 is 11.6 Å². The highest BCUT2D eigenvalue weighted by Gasteiger charge is 2.23. The van der Waals surface area contributed by atoms with Gasteiger partial charge in [-0.1, -0.05) is 11.6 Å². The van der Waals surface area contributed by atoms with Crippen LogP contribution in [0.4, 0.5) is 5.69 Å². The fourth-order valence-corrected chi connectivity index (χ4v) is 2.89. The predicted molar refractivity (Wildman–Crippen MR) is 67.6 cm³/mol. The van der Waals surface area contributed by atoms with Gasteiger partial charge < -0.3 is 10.5 Å². The summed E-state index contributed by atoms with van der Waals surface area (Å²) in [4.78, 5) is 0.0118. The van der Waals surface area contributed by atoms with Crippen molar-refractivity contribution in [1.29, 1.82) is 0 Å². The minimum Gasteiger partial charge on any atom is -0.399 e. The molecule has 0 spiro atoms. The molecule has 0 radical (unpaired) electrons. The Kier molecular flexibility index (Phi) is 4.76. The van der Waals surface area contributed by atoms with E-state index in [4.69, 9.17) is 22.1 Å². The summed E-state index contributed by atoms with van der Waals surface area (Å²) < 4.78 is 30.3. The van der Waals surface area contributed by atoms with E-state index in [1.165, 1.54) is 30.6 Å². The summed E-state index contributed by atoms with van der Waals surface area (Å²) in [5.41, 5.74) is 5.91. The van der Waals surface area contributed by atoms with Gasteiger partial charge in [0.1, 0.15) is 4.90 Å². The molecule has 1 aromatic carbocycles. The van der Waals surface area contributed by atoms with Crippen molar-refractivity contribution in [1.82, 2.24) is 4.31 Å². The fourth-order valence-electron chi connectivity index (χ4n) is 1.23. The molecule has 0 fully saturated rings. The van der Waals surface area contributed by atoms with Crippen molar-refractivity contribution in [2.75, 3.05) is 33.0 Å². The molecule has 96 valence electrons. The van der Waals surface area contributed by atoms with Crippen LogP contribution in [0, 0.1) is 0 Å².